The summed E-state index contributed by atoms with van der Waals surface area (Å²) in [5, 5.41) is 0. The highest BCUT2D eigenvalue weighted by Gasteiger charge is 2.22. The summed E-state index contributed by atoms with van der Waals surface area (Å²) in [6.45, 7) is 2.13. The van der Waals surface area contributed by atoms with Crippen molar-refractivity contribution in [3.63, 3.8) is 0 Å². The smallest absolute Gasteiger partial charge is 0.0635 e. The molecule has 3 rings (SSSR count). The molecule has 3 heterocycles. The molecule has 1 atom stereocenters. The standard InChI is InChI=1S/C14H16N4/c1-2-12(14-10-16-7-8-17-14)11-18(9-1)13-3-5-15-6-4-13/h3-8,10,12H,1-2,9,11H2/t12-/m1/s1. The number of pyridine rings is 1. The molecule has 1 aliphatic rings. The van der Waals surface area contributed by atoms with Crippen LogP contribution >= 0.6 is 0 Å². The predicted octanol–water partition coefficient (Wildman–Crippen LogP) is 2.26. The molecule has 0 spiro atoms. The van der Waals surface area contributed by atoms with Gasteiger partial charge in [0.1, 0.15) is 0 Å². The van der Waals surface area contributed by atoms with Crippen molar-refractivity contribution in [2.24, 2.45) is 0 Å². The first-order valence-corrected chi connectivity index (χ1v) is 6.34. The van der Waals surface area contributed by atoms with Gasteiger partial charge in [0.05, 0.1) is 5.69 Å². The number of nitrogens with zero attached hydrogens (tertiary/aromatic N) is 4. The Morgan fingerprint density at radius 2 is 1.94 bits per heavy atom. The van der Waals surface area contributed by atoms with Crippen LogP contribution in [0.15, 0.2) is 43.1 Å². The van der Waals surface area contributed by atoms with Gasteiger partial charge in [0, 0.05) is 55.7 Å². The van der Waals surface area contributed by atoms with Crippen molar-refractivity contribution in [1.82, 2.24) is 15.0 Å². The summed E-state index contributed by atoms with van der Waals surface area (Å²) in [5.74, 6) is 0.487. The lowest BCUT2D eigenvalue weighted by molar-refractivity contribution is 0.500. The molecule has 0 amide bonds. The van der Waals surface area contributed by atoms with Gasteiger partial charge in [-0.05, 0) is 25.0 Å². The predicted molar refractivity (Wildman–Crippen MR) is 70.5 cm³/mol. The van der Waals surface area contributed by atoms with E-state index in [0.29, 0.717) is 5.92 Å². The summed E-state index contributed by atoms with van der Waals surface area (Å²) in [6.07, 6.45) is 11.5. The van der Waals surface area contributed by atoms with Gasteiger partial charge in [0.25, 0.3) is 0 Å². The van der Waals surface area contributed by atoms with Crippen LogP contribution in [0.4, 0.5) is 5.69 Å². The van der Waals surface area contributed by atoms with Gasteiger partial charge in [-0.15, -0.1) is 0 Å². The van der Waals surface area contributed by atoms with E-state index in [9.17, 15) is 0 Å². The molecule has 0 aromatic carbocycles. The molecular formula is C14H16N4. The lowest BCUT2D eigenvalue weighted by Gasteiger charge is -2.33. The highest BCUT2D eigenvalue weighted by molar-refractivity contribution is 5.45. The van der Waals surface area contributed by atoms with Gasteiger partial charge in [0.2, 0.25) is 0 Å². The van der Waals surface area contributed by atoms with Crippen molar-refractivity contribution in [2.75, 3.05) is 18.0 Å². The largest absolute Gasteiger partial charge is 0.371 e. The van der Waals surface area contributed by atoms with Crippen LogP contribution in [0.2, 0.25) is 0 Å². The zero-order valence-electron chi connectivity index (χ0n) is 10.2. The van der Waals surface area contributed by atoms with E-state index in [0.717, 1.165) is 18.8 Å². The quantitative estimate of drug-likeness (QED) is 0.807. The summed E-state index contributed by atoms with van der Waals surface area (Å²) in [6, 6.07) is 4.14. The van der Waals surface area contributed by atoms with Crippen molar-refractivity contribution >= 4 is 5.69 Å². The summed E-state index contributed by atoms with van der Waals surface area (Å²) in [7, 11) is 0. The Balaban J connectivity index is 1.77. The first kappa shape index (κ1) is 11.1. The van der Waals surface area contributed by atoms with E-state index in [-0.39, 0.29) is 0 Å². The molecule has 0 saturated carbocycles. The Labute approximate surface area is 107 Å². The number of anilines is 1. The van der Waals surface area contributed by atoms with Crippen molar-refractivity contribution < 1.29 is 0 Å². The van der Waals surface area contributed by atoms with Gasteiger partial charge in [-0.2, -0.15) is 0 Å². The van der Waals surface area contributed by atoms with E-state index in [4.69, 9.17) is 0 Å². The maximum absolute atomic E-state index is 4.43. The zero-order chi connectivity index (χ0) is 12.2. The van der Waals surface area contributed by atoms with E-state index in [1.807, 2.05) is 18.6 Å². The van der Waals surface area contributed by atoms with Crippen LogP contribution < -0.4 is 4.90 Å². The Bertz CT molecular complexity index is 440. The Morgan fingerprint density at radius 1 is 1.06 bits per heavy atom. The minimum absolute atomic E-state index is 0.487. The van der Waals surface area contributed by atoms with E-state index in [2.05, 4.69) is 32.0 Å². The second-order valence-electron chi connectivity index (χ2n) is 4.62. The molecule has 0 radical (unpaired) electrons. The number of hydrogen-bond acceptors (Lipinski definition) is 4. The average molecular weight is 240 g/mol. The normalized spacial score (nSPS) is 19.8. The molecule has 0 aliphatic carbocycles. The number of rotatable bonds is 2. The summed E-state index contributed by atoms with van der Waals surface area (Å²) in [4.78, 5) is 15.1. The SMILES string of the molecule is c1cc(N2CCC[C@@H](c3cnccn3)C2)ccn1. The lowest BCUT2D eigenvalue weighted by atomic mass is 9.95. The van der Waals surface area contributed by atoms with Gasteiger partial charge >= 0.3 is 0 Å². The molecule has 2 aromatic heterocycles. The summed E-state index contributed by atoms with van der Waals surface area (Å²) < 4.78 is 0. The Morgan fingerprint density at radius 3 is 2.72 bits per heavy atom. The van der Waals surface area contributed by atoms with Gasteiger partial charge in [0.15, 0.2) is 0 Å². The second-order valence-corrected chi connectivity index (χ2v) is 4.62. The maximum atomic E-state index is 4.43. The highest BCUT2D eigenvalue weighted by atomic mass is 15.1. The molecule has 0 N–H and O–H groups in total. The summed E-state index contributed by atoms with van der Waals surface area (Å²) >= 11 is 0. The number of hydrogen-bond donors (Lipinski definition) is 0. The third-order valence-corrected chi connectivity index (χ3v) is 3.45. The topological polar surface area (TPSA) is 41.9 Å². The van der Waals surface area contributed by atoms with Gasteiger partial charge in [-0.1, -0.05) is 0 Å². The fourth-order valence-electron chi connectivity index (χ4n) is 2.53. The number of piperidine rings is 1. The average Bonchev–Trinajstić information content (AvgIpc) is 2.49. The van der Waals surface area contributed by atoms with Crippen LogP contribution in [-0.2, 0) is 0 Å². The fourth-order valence-corrected chi connectivity index (χ4v) is 2.53. The van der Waals surface area contributed by atoms with E-state index in [1.54, 1.807) is 12.4 Å². The number of aromatic nitrogens is 3. The van der Waals surface area contributed by atoms with Crippen molar-refractivity contribution in [3.05, 3.63) is 48.8 Å². The maximum Gasteiger partial charge on any atom is 0.0635 e. The molecule has 2 aromatic rings. The third-order valence-electron chi connectivity index (χ3n) is 3.45. The lowest BCUT2D eigenvalue weighted by Crippen LogP contribution is -2.34. The van der Waals surface area contributed by atoms with Crippen LogP contribution in [0.3, 0.4) is 0 Å². The van der Waals surface area contributed by atoms with Crippen molar-refractivity contribution in [3.8, 4) is 0 Å². The molecule has 1 saturated heterocycles. The van der Waals surface area contributed by atoms with Crippen LogP contribution in [0.1, 0.15) is 24.5 Å². The Hall–Kier alpha value is -1.97. The fraction of sp³-hybridized carbons (Fsp3) is 0.357. The van der Waals surface area contributed by atoms with Crippen LogP contribution in [0.5, 0.6) is 0 Å². The first-order valence-electron chi connectivity index (χ1n) is 6.34. The van der Waals surface area contributed by atoms with Crippen LogP contribution in [0.25, 0.3) is 0 Å². The molecule has 0 unspecified atom stereocenters. The zero-order valence-corrected chi connectivity index (χ0v) is 10.2. The molecule has 92 valence electrons. The minimum Gasteiger partial charge on any atom is -0.371 e. The molecule has 18 heavy (non-hydrogen) atoms. The van der Waals surface area contributed by atoms with Crippen molar-refractivity contribution in [2.45, 2.75) is 18.8 Å². The van der Waals surface area contributed by atoms with Gasteiger partial charge < -0.3 is 4.90 Å². The monoisotopic (exact) mass is 240 g/mol. The van der Waals surface area contributed by atoms with E-state index < -0.39 is 0 Å². The van der Waals surface area contributed by atoms with Gasteiger partial charge in [-0.3, -0.25) is 15.0 Å². The minimum atomic E-state index is 0.487. The highest BCUT2D eigenvalue weighted by Crippen LogP contribution is 2.28. The Kier molecular flexibility index (Phi) is 3.17. The van der Waals surface area contributed by atoms with E-state index in [1.165, 1.54) is 18.5 Å². The second kappa shape index (κ2) is 5.12. The van der Waals surface area contributed by atoms with Gasteiger partial charge in [-0.25, -0.2) is 0 Å². The molecule has 4 nitrogen and oxygen atoms in total. The molecule has 0 bridgehead atoms. The molecular weight excluding hydrogens is 224 g/mol. The van der Waals surface area contributed by atoms with Crippen LogP contribution in [0, 0.1) is 0 Å². The summed E-state index contributed by atoms with van der Waals surface area (Å²) in [5.41, 5.74) is 2.36. The molecule has 1 aliphatic heterocycles. The van der Waals surface area contributed by atoms with Crippen molar-refractivity contribution in [1.29, 1.82) is 0 Å². The molecule has 1 fully saturated rings. The van der Waals surface area contributed by atoms with Crippen LogP contribution in [-0.4, -0.2) is 28.0 Å². The third kappa shape index (κ3) is 2.32. The van der Waals surface area contributed by atoms with E-state index >= 15 is 0 Å². The molecule has 4 heteroatoms. The first-order chi connectivity index (χ1) is 8.93.